The molecule has 1 rings (SSSR count). The summed E-state index contributed by atoms with van der Waals surface area (Å²) in [6, 6.07) is 0.418. The normalized spacial score (nSPS) is 12.8. The van der Waals surface area contributed by atoms with Gasteiger partial charge in [-0.1, -0.05) is 13.8 Å². The van der Waals surface area contributed by atoms with E-state index >= 15 is 0 Å². The highest BCUT2D eigenvalue weighted by molar-refractivity contribution is 5.10. The van der Waals surface area contributed by atoms with Gasteiger partial charge in [-0.2, -0.15) is 5.10 Å². The zero-order chi connectivity index (χ0) is 14.6. The Morgan fingerprint density at radius 2 is 2.15 bits per heavy atom. The van der Waals surface area contributed by atoms with Gasteiger partial charge in [-0.3, -0.25) is 4.68 Å². The van der Waals surface area contributed by atoms with Crippen molar-refractivity contribution in [2.45, 2.75) is 45.7 Å². The minimum absolute atomic E-state index is 0.418. The van der Waals surface area contributed by atoms with Crippen molar-refractivity contribution in [3.8, 4) is 0 Å². The first-order valence-corrected chi connectivity index (χ1v) is 7.64. The quantitative estimate of drug-likeness (QED) is 0.598. The SMILES string of the molecule is CCCNC(CC)c1cnn(CCCOCCOC)c1. The first kappa shape index (κ1) is 17.1. The number of hydrogen-bond acceptors (Lipinski definition) is 4. The fourth-order valence-corrected chi connectivity index (χ4v) is 2.07. The van der Waals surface area contributed by atoms with Gasteiger partial charge >= 0.3 is 0 Å². The zero-order valence-electron chi connectivity index (χ0n) is 13.1. The first-order chi connectivity index (χ1) is 9.81. The second-order valence-corrected chi connectivity index (χ2v) is 4.91. The van der Waals surface area contributed by atoms with Crippen LogP contribution in [0.1, 0.15) is 44.7 Å². The van der Waals surface area contributed by atoms with Crippen LogP contribution in [0.3, 0.4) is 0 Å². The number of nitrogens with one attached hydrogen (secondary N) is 1. The molecule has 1 atom stereocenters. The second-order valence-electron chi connectivity index (χ2n) is 4.91. The summed E-state index contributed by atoms with van der Waals surface area (Å²) in [5.41, 5.74) is 1.28. The molecule has 0 spiro atoms. The summed E-state index contributed by atoms with van der Waals surface area (Å²) in [6.07, 6.45) is 7.34. The zero-order valence-corrected chi connectivity index (χ0v) is 13.1. The third-order valence-electron chi connectivity index (χ3n) is 3.21. The van der Waals surface area contributed by atoms with Gasteiger partial charge in [-0.05, 0) is 25.8 Å². The summed E-state index contributed by atoms with van der Waals surface area (Å²) in [4.78, 5) is 0. The second kappa shape index (κ2) is 10.8. The molecule has 0 radical (unpaired) electrons. The summed E-state index contributed by atoms with van der Waals surface area (Å²) in [7, 11) is 1.69. The summed E-state index contributed by atoms with van der Waals surface area (Å²) in [5, 5.41) is 7.97. The Morgan fingerprint density at radius 1 is 1.30 bits per heavy atom. The van der Waals surface area contributed by atoms with Crippen molar-refractivity contribution in [1.82, 2.24) is 15.1 Å². The number of hydrogen-bond donors (Lipinski definition) is 1. The Bertz CT molecular complexity index is 342. The molecule has 0 aliphatic heterocycles. The molecule has 0 aliphatic rings. The van der Waals surface area contributed by atoms with Crippen LogP contribution in [-0.2, 0) is 16.0 Å². The summed E-state index contributed by atoms with van der Waals surface area (Å²) < 4.78 is 12.4. The lowest BCUT2D eigenvalue weighted by Crippen LogP contribution is -2.21. The molecule has 116 valence electrons. The molecule has 0 aliphatic carbocycles. The van der Waals surface area contributed by atoms with Crippen LogP contribution in [0.2, 0.25) is 0 Å². The Morgan fingerprint density at radius 3 is 2.85 bits per heavy atom. The fraction of sp³-hybridized carbons (Fsp3) is 0.800. The van der Waals surface area contributed by atoms with Crippen LogP contribution in [0.25, 0.3) is 0 Å². The lowest BCUT2D eigenvalue weighted by atomic mass is 10.1. The highest BCUT2D eigenvalue weighted by Crippen LogP contribution is 2.15. The van der Waals surface area contributed by atoms with Gasteiger partial charge in [0, 0.05) is 38.1 Å². The van der Waals surface area contributed by atoms with Crippen molar-refractivity contribution in [2.75, 3.05) is 33.5 Å². The Balaban J connectivity index is 2.27. The van der Waals surface area contributed by atoms with E-state index in [-0.39, 0.29) is 0 Å². The van der Waals surface area contributed by atoms with Gasteiger partial charge in [0.25, 0.3) is 0 Å². The lowest BCUT2D eigenvalue weighted by Gasteiger charge is -2.14. The average molecular weight is 283 g/mol. The van der Waals surface area contributed by atoms with Crippen LogP contribution in [0, 0.1) is 0 Å². The molecule has 0 fully saturated rings. The molecule has 1 heterocycles. The predicted molar refractivity (Wildman–Crippen MR) is 80.9 cm³/mol. The highest BCUT2D eigenvalue weighted by Gasteiger charge is 2.10. The van der Waals surface area contributed by atoms with E-state index in [4.69, 9.17) is 9.47 Å². The van der Waals surface area contributed by atoms with E-state index < -0.39 is 0 Å². The molecule has 0 saturated heterocycles. The van der Waals surface area contributed by atoms with Crippen LogP contribution in [0.4, 0.5) is 0 Å². The number of aryl methyl sites for hydroxylation is 1. The smallest absolute Gasteiger partial charge is 0.0700 e. The van der Waals surface area contributed by atoms with Crippen LogP contribution in [0.15, 0.2) is 12.4 Å². The maximum absolute atomic E-state index is 5.45. The molecule has 0 aromatic carbocycles. The van der Waals surface area contributed by atoms with E-state index in [2.05, 4.69) is 30.5 Å². The topological polar surface area (TPSA) is 48.3 Å². The molecule has 0 saturated carbocycles. The van der Waals surface area contributed by atoms with Crippen molar-refractivity contribution in [2.24, 2.45) is 0 Å². The molecule has 1 N–H and O–H groups in total. The van der Waals surface area contributed by atoms with Gasteiger partial charge in [0.2, 0.25) is 0 Å². The molecule has 1 aromatic rings. The first-order valence-electron chi connectivity index (χ1n) is 7.64. The molecule has 5 nitrogen and oxygen atoms in total. The van der Waals surface area contributed by atoms with Gasteiger partial charge < -0.3 is 14.8 Å². The number of rotatable bonds is 12. The lowest BCUT2D eigenvalue weighted by molar-refractivity contribution is 0.0677. The third-order valence-corrected chi connectivity index (χ3v) is 3.21. The molecular formula is C15H29N3O2. The van der Waals surface area contributed by atoms with E-state index in [0.717, 1.165) is 39.0 Å². The van der Waals surface area contributed by atoms with Crippen molar-refractivity contribution in [3.05, 3.63) is 18.0 Å². The van der Waals surface area contributed by atoms with Gasteiger partial charge in [-0.25, -0.2) is 0 Å². The number of aromatic nitrogens is 2. The molecule has 5 heteroatoms. The van der Waals surface area contributed by atoms with E-state index in [1.165, 1.54) is 5.56 Å². The van der Waals surface area contributed by atoms with Gasteiger partial charge in [0.05, 0.1) is 19.4 Å². The van der Waals surface area contributed by atoms with E-state index in [1.54, 1.807) is 7.11 Å². The highest BCUT2D eigenvalue weighted by atomic mass is 16.5. The Hall–Kier alpha value is -0.910. The van der Waals surface area contributed by atoms with Crippen molar-refractivity contribution in [3.63, 3.8) is 0 Å². The van der Waals surface area contributed by atoms with Gasteiger partial charge in [-0.15, -0.1) is 0 Å². The number of ether oxygens (including phenoxy) is 2. The molecule has 0 amide bonds. The molecular weight excluding hydrogens is 254 g/mol. The number of methoxy groups -OCH3 is 1. The van der Waals surface area contributed by atoms with Crippen molar-refractivity contribution >= 4 is 0 Å². The molecule has 0 bridgehead atoms. The van der Waals surface area contributed by atoms with E-state index in [1.807, 2.05) is 10.9 Å². The van der Waals surface area contributed by atoms with Crippen LogP contribution in [-0.4, -0.2) is 43.3 Å². The molecule has 1 aromatic heterocycles. The minimum Gasteiger partial charge on any atom is -0.382 e. The summed E-state index contributed by atoms with van der Waals surface area (Å²) in [5.74, 6) is 0. The third kappa shape index (κ3) is 6.50. The van der Waals surface area contributed by atoms with Crippen LogP contribution in [0.5, 0.6) is 0 Å². The van der Waals surface area contributed by atoms with E-state index in [9.17, 15) is 0 Å². The van der Waals surface area contributed by atoms with Crippen LogP contribution < -0.4 is 5.32 Å². The Labute approximate surface area is 122 Å². The van der Waals surface area contributed by atoms with E-state index in [0.29, 0.717) is 19.3 Å². The molecule has 1 unspecified atom stereocenters. The standard InChI is InChI=1S/C15H29N3O2/c1-4-7-16-15(5-2)14-12-17-18(13-14)8-6-9-20-11-10-19-3/h12-13,15-16H,4-11H2,1-3H3. The average Bonchev–Trinajstić information content (AvgIpc) is 2.92. The minimum atomic E-state index is 0.418. The van der Waals surface area contributed by atoms with Crippen molar-refractivity contribution < 1.29 is 9.47 Å². The maximum Gasteiger partial charge on any atom is 0.0700 e. The van der Waals surface area contributed by atoms with Crippen molar-refractivity contribution in [1.29, 1.82) is 0 Å². The fourth-order valence-electron chi connectivity index (χ4n) is 2.07. The largest absolute Gasteiger partial charge is 0.382 e. The summed E-state index contributed by atoms with van der Waals surface area (Å²) >= 11 is 0. The van der Waals surface area contributed by atoms with Crippen LogP contribution >= 0.6 is 0 Å². The maximum atomic E-state index is 5.45. The van der Waals surface area contributed by atoms with Gasteiger partial charge in [0.15, 0.2) is 0 Å². The predicted octanol–water partition coefficient (Wildman–Crippen LogP) is 2.39. The molecule has 20 heavy (non-hydrogen) atoms. The monoisotopic (exact) mass is 283 g/mol. The summed E-state index contributed by atoms with van der Waals surface area (Å²) in [6.45, 7) is 8.42. The van der Waals surface area contributed by atoms with Gasteiger partial charge in [0.1, 0.15) is 0 Å². The number of nitrogens with zero attached hydrogens (tertiary/aromatic N) is 2. The Kier molecular flexibility index (Phi) is 9.28.